The number of nitrogens with one attached hydrogen (secondary N) is 1. The van der Waals surface area contributed by atoms with Crippen LogP contribution in [0.4, 0.5) is 11.4 Å². The van der Waals surface area contributed by atoms with E-state index in [-0.39, 0.29) is 11.6 Å². The van der Waals surface area contributed by atoms with Gasteiger partial charge in [-0.1, -0.05) is 48.2 Å². The van der Waals surface area contributed by atoms with Gasteiger partial charge in [-0.05, 0) is 61.9 Å². The maximum absolute atomic E-state index is 12.7. The van der Waals surface area contributed by atoms with E-state index in [4.69, 9.17) is 0 Å². The highest BCUT2D eigenvalue weighted by Gasteiger charge is 2.21. The SMILES string of the molecule is Cc1nn(Cc2ccc(C(=O)Nc3cccc(C#Cc4ccccc4)c3)cc2)c(C)c1[N+](=O)[O-]. The smallest absolute Gasteiger partial charge is 0.312 e. The molecule has 0 fully saturated rings. The zero-order valence-electron chi connectivity index (χ0n) is 18.8. The first-order valence-electron chi connectivity index (χ1n) is 10.7. The number of hydrogen-bond donors (Lipinski definition) is 1. The Hall–Kier alpha value is -4.70. The van der Waals surface area contributed by atoms with Crippen molar-refractivity contribution in [1.82, 2.24) is 9.78 Å². The molecular formula is C27H22N4O3. The molecule has 0 aliphatic heterocycles. The zero-order chi connectivity index (χ0) is 24.1. The summed E-state index contributed by atoms with van der Waals surface area (Å²) in [6.45, 7) is 3.68. The Kier molecular flexibility index (Phi) is 6.51. The lowest BCUT2D eigenvalue weighted by molar-refractivity contribution is -0.386. The highest BCUT2D eigenvalue weighted by atomic mass is 16.6. The van der Waals surface area contributed by atoms with Gasteiger partial charge in [0, 0.05) is 22.4 Å². The molecule has 0 bridgehead atoms. The predicted molar refractivity (Wildman–Crippen MR) is 131 cm³/mol. The number of benzene rings is 3. The van der Waals surface area contributed by atoms with Crippen molar-refractivity contribution in [3.8, 4) is 11.8 Å². The maximum atomic E-state index is 12.7. The van der Waals surface area contributed by atoms with Crippen molar-refractivity contribution in [3.05, 3.63) is 123 Å². The molecule has 4 aromatic rings. The fourth-order valence-electron chi connectivity index (χ4n) is 3.58. The summed E-state index contributed by atoms with van der Waals surface area (Å²) in [4.78, 5) is 23.5. The Morgan fingerprint density at radius 3 is 2.32 bits per heavy atom. The van der Waals surface area contributed by atoms with Crippen molar-refractivity contribution >= 4 is 17.3 Å². The molecule has 1 amide bonds. The number of aromatic nitrogens is 2. The summed E-state index contributed by atoms with van der Waals surface area (Å²) in [5, 5.41) is 18.4. The van der Waals surface area contributed by atoms with E-state index in [0.29, 0.717) is 29.2 Å². The van der Waals surface area contributed by atoms with Gasteiger partial charge in [-0.2, -0.15) is 5.10 Å². The Bertz CT molecular complexity index is 1410. The van der Waals surface area contributed by atoms with Gasteiger partial charge < -0.3 is 5.32 Å². The minimum atomic E-state index is -0.413. The summed E-state index contributed by atoms with van der Waals surface area (Å²) in [6, 6.07) is 24.2. The van der Waals surface area contributed by atoms with Crippen LogP contribution in [0.1, 0.15) is 38.4 Å². The molecular weight excluding hydrogens is 428 g/mol. The molecule has 7 heteroatoms. The molecule has 0 saturated heterocycles. The van der Waals surface area contributed by atoms with Crippen LogP contribution in [-0.4, -0.2) is 20.6 Å². The maximum Gasteiger partial charge on any atom is 0.312 e. The average molecular weight is 450 g/mol. The molecule has 0 saturated carbocycles. The Morgan fingerprint density at radius 1 is 0.971 bits per heavy atom. The molecule has 0 aliphatic rings. The number of rotatable bonds is 5. The van der Waals surface area contributed by atoms with Gasteiger partial charge in [0.05, 0.1) is 11.5 Å². The standard InChI is InChI=1S/C27H22N4O3/c1-19-26(31(33)34)20(2)30(29-19)18-23-13-15-24(16-14-23)27(32)28-25-10-6-9-22(17-25)12-11-21-7-4-3-5-8-21/h3-10,13-17H,18H2,1-2H3,(H,28,32). The minimum absolute atomic E-state index is 0.0340. The number of amides is 1. The van der Waals surface area contributed by atoms with E-state index in [1.54, 1.807) is 30.7 Å². The topological polar surface area (TPSA) is 90.1 Å². The first-order valence-corrected chi connectivity index (χ1v) is 10.7. The summed E-state index contributed by atoms with van der Waals surface area (Å²) >= 11 is 0. The molecule has 7 nitrogen and oxygen atoms in total. The van der Waals surface area contributed by atoms with Crippen LogP contribution in [0.3, 0.4) is 0 Å². The fourth-order valence-corrected chi connectivity index (χ4v) is 3.58. The van der Waals surface area contributed by atoms with Crippen LogP contribution in [0.25, 0.3) is 0 Å². The van der Waals surface area contributed by atoms with E-state index in [0.717, 1.165) is 16.7 Å². The molecule has 3 aromatic carbocycles. The molecule has 0 spiro atoms. The largest absolute Gasteiger partial charge is 0.322 e. The lowest BCUT2D eigenvalue weighted by Crippen LogP contribution is -2.12. The van der Waals surface area contributed by atoms with Crippen LogP contribution in [0, 0.1) is 35.8 Å². The molecule has 34 heavy (non-hydrogen) atoms. The molecule has 0 atom stereocenters. The summed E-state index contributed by atoms with van der Waals surface area (Å²) < 4.78 is 1.60. The van der Waals surface area contributed by atoms with E-state index < -0.39 is 4.92 Å². The van der Waals surface area contributed by atoms with Crippen molar-refractivity contribution in [1.29, 1.82) is 0 Å². The third-order valence-electron chi connectivity index (χ3n) is 5.32. The first-order chi connectivity index (χ1) is 16.4. The second-order valence-corrected chi connectivity index (χ2v) is 7.78. The summed E-state index contributed by atoms with van der Waals surface area (Å²) in [6.07, 6.45) is 0. The number of anilines is 1. The van der Waals surface area contributed by atoms with Crippen molar-refractivity contribution in [2.24, 2.45) is 0 Å². The molecule has 1 heterocycles. The van der Waals surface area contributed by atoms with Crippen LogP contribution in [0.15, 0.2) is 78.9 Å². The average Bonchev–Trinajstić information content (AvgIpc) is 3.11. The Labute approximate surface area is 197 Å². The second-order valence-electron chi connectivity index (χ2n) is 7.78. The van der Waals surface area contributed by atoms with Gasteiger partial charge in [0.1, 0.15) is 11.4 Å². The molecule has 0 unspecified atom stereocenters. The van der Waals surface area contributed by atoms with Crippen molar-refractivity contribution in [2.75, 3.05) is 5.32 Å². The monoisotopic (exact) mass is 450 g/mol. The third-order valence-corrected chi connectivity index (χ3v) is 5.32. The van der Waals surface area contributed by atoms with E-state index >= 15 is 0 Å². The van der Waals surface area contributed by atoms with Crippen molar-refractivity contribution < 1.29 is 9.72 Å². The predicted octanol–water partition coefficient (Wildman–Crippen LogP) is 5.11. The molecule has 1 N–H and O–H groups in total. The zero-order valence-corrected chi connectivity index (χ0v) is 18.8. The van der Waals surface area contributed by atoms with Gasteiger partial charge in [-0.15, -0.1) is 0 Å². The normalized spacial score (nSPS) is 10.3. The van der Waals surface area contributed by atoms with Crippen molar-refractivity contribution in [3.63, 3.8) is 0 Å². The van der Waals surface area contributed by atoms with Crippen LogP contribution in [-0.2, 0) is 6.54 Å². The molecule has 0 radical (unpaired) electrons. The van der Waals surface area contributed by atoms with Crippen LogP contribution in [0.5, 0.6) is 0 Å². The summed E-state index contributed by atoms with van der Waals surface area (Å²) in [5.74, 6) is 5.98. The van der Waals surface area contributed by atoms with Gasteiger partial charge in [0.2, 0.25) is 0 Å². The van der Waals surface area contributed by atoms with Gasteiger partial charge in [-0.25, -0.2) is 0 Å². The first kappa shape index (κ1) is 22.5. The highest BCUT2D eigenvalue weighted by Crippen LogP contribution is 2.22. The third kappa shape index (κ3) is 5.19. The van der Waals surface area contributed by atoms with E-state index in [1.807, 2.05) is 66.7 Å². The van der Waals surface area contributed by atoms with Crippen LogP contribution in [0.2, 0.25) is 0 Å². The quantitative estimate of drug-likeness (QED) is 0.260. The van der Waals surface area contributed by atoms with Crippen molar-refractivity contribution in [2.45, 2.75) is 20.4 Å². The number of aryl methyl sites for hydroxylation is 1. The number of hydrogen-bond acceptors (Lipinski definition) is 4. The van der Waals surface area contributed by atoms with Gasteiger partial charge >= 0.3 is 5.69 Å². The number of nitro groups is 1. The number of nitrogens with zero attached hydrogens (tertiary/aromatic N) is 3. The molecule has 168 valence electrons. The van der Waals surface area contributed by atoms with Crippen LogP contribution < -0.4 is 5.32 Å². The second kappa shape index (κ2) is 9.84. The highest BCUT2D eigenvalue weighted by molar-refractivity contribution is 6.04. The molecule has 4 rings (SSSR count). The Morgan fingerprint density at radius 2 is 1.65 bits per heavy atom. The lowest BCUT2D eigenvalue weighted by Gasteiger charge is -2.08. The van der Waals surface area contributed by atoms with Crippen LogP contribution >= 0.6 is 0 Å². The lowest BCUT2D eigenvalue weighted by atomic mass is 10.1. The molecule has 1 aromatic heterocycles. The fraction of sp³-hybridized carbons (Fsp3) is 0.111. The van der Waals surface area contributed by atoms with E-state index in [1.165, 1.54) is 0 Å². The van der Waals surface area contributed by atoms with Gasteiger partial charge in [0.15, 0.2) is 0 Å². The van der Waals surface area contributed by atoms with Gasteiger partial charge in [-0.3, -0.25) is 19.6 Å². The molecule has 0 aliphatic carbocycles. The van der Waals surface area contributed by atoms with E-state index in [9.17, 15) is 14.9 Å². The van der Waals surface area contributed by atoms with Gasteiger partial charge in [0.25, 0.3) is 5.91 Å². The number of carbonyl (C=O) groups excluding carboxylic acids is 1. The Balaban J connectivity index is 1.43. The van der Waals surface area contributed by atoms with E-state index in [2.05, 4.69) is 22.3 Å². The minimum Gasteiger partial charge on any atom is -0.322 e. The summed E-state index contributed by atoms with van der Waals surface area (Å²) in [7, 11) is 0. The number of carbonyl (C=O) groups is 1. The summed E-state index contributed by atoms with van der Waals surface area (Å²) in [5.41, 5.74) is 4.69.